The third kappa shape index (κ3) is 4.97. The fourth-order valence-corrected chi connectivity index (χ4v) is 3.58. The third-order valence-electron chi connectivity index (χ3n) is 2.82. The number of hydrogen-bond acceptors (Lipinski definition) is 7. The number of ether oxygens (including phenoxy) is 1. The Morgan fingerprint density at radius 3 is 3.00 bits per heavy atom. The van der Waals surface area contributed by atoms with Crippen LogP contribution in [0, 0.1) is 0 Å². The van der Waals surface area contributed by atoms with Gasteiger partial charge >= 0.3 is 0 Å². The quantitative estimate of drug-likeness (QED) is 0.562. The minimum Gasteiger partial charge on any atom is -0.495 e. The van der Waals surface area contributed by atoms with E-state index in [1.54, 1.807) is 25.3 Å². The summed E-state index contributed by atoms with van der Waals surface area (Å²) in [7, 11) is 1.57. The molecule has 0 fully saturated rings. The van der Waals surface area contributed by atoms with Gasteiger partial charge in [-0.2, -0.15) is 0 Å². The van der Waals surface area contributed by atoms with Crippen LogP contribution in [-0.2, 0) is 4.79 Å². The topological polar surface area (TPSA) is 76.1 Å². The van der Waals surface area contributed by atoms with Crippen molar-refractivity contribution in [3.63, 3.8) is 0 Å². The summed E-state index contributed by atoms with van der Waals surface area (Å²) in [6.45, 7) is 6.09. The van der Waals surface area contributed by atoms with Crippen molar-refractivity contribution in [3.8, 4) is 5.75 Å². The molecular weight excluding hydrogens is 332 g/mol. The molecule has 1 aromatic carbocycles. The van der Waals surface area contributed by atoms with Crippen LogP contribution >= 0.6 is 23.1 Å². The van der Waals surface area contributed by atoms with Crippen molar-refractivity contribution in [2.75, 3.05) is 24.3 Å². The number of anilines is 2. The molecule has 0 spiro atoms. The van der Waals surface area contributed by atoms with Crippen LogP contribution < -0.4 is 15.4 Å². The van der Waals surface area contributed by atoms with Crippen molar-refractivity contribution >= 4 is 39.8 Å². The van der Waals surface area contributed by atoms with Crippen LogP contribution in [0.4, 0.5) is 10.8 Å². The number of rotatable bonds is 8. The zero-order valence-electron chi connectivity index (χ0n) is 12.9. The molecule has 2 rings (SSSR count). The van der Waals surface area contributed by atoms with E-state index in [1.165, 1.54) is 23.1 Å². The second kappa shape index (κ2) is 8.54. The Morgan fingerprint density at radius 2 is 2.26 bits per heavy atom. The summed E-state index contributed by atoms with van der Waals surface area (Å²) < 4.78 is 5.96. The molecule has 1 amide bonds. The van der Waals surface area contributed by atoms with Crippen molar-refractivity contribution in [1.82, 2.24) is 10.2 Å². The minimum atomic E-state index is -0.305. The van der Waals surface area contributed by atoms with Gasteiger partial charge in [-0.15, -0.1) is 16.8 Å². The number of thioether (sulfide) groups is 1. The lowest BCUT2D eigenvalue weighted by Crippen LogP contribution is -2.22. The van der Waals surface area contributed by atoms with Gasteiger partial charge in [-0.25, -0.2) is 0 Å². The first-order valence-electron chi connectivity index (χ1n) is 6.93. The molecule has 1 atom stereocenters. The summed E-state index contributed by atoms with van der Waals surface area (Å²) in [5.74, 6) is 0.514. The Hall–Kier alpha value is -2.06. The second-order valence-electron chi connectivity index (χ2n) is 4.49. The van der Waals surface area contributed by atoms with Crippen molar-refractivity contribution in [1.29, 1.82) is 0 Å². The smallest absolute Gasteiger partial charge is 0.237 e. The molecule has 0 bridgehead atoms. The maximum absolute atomic E-state index is 12.3. The molecule has 1 unspecified atom stereocenters. The Balaban J connectivity index is 1.94. The minimum absolute atomic E-state index is 0.115. The molecular formula is C15H18N4O2S2. The number of amides is 1. The number of methoxy groups -OCH3 is 1. The van der Waals surface area contributed by atoms with Gasteiger partial charge in [0.2, 0.25) is 11.0 Å². The molecule has 6 nitrogen and oxygen atoms in total. The number of aromatic nitrogens is 2. The van der Waals surface area contributed by atoms with E-state index >= 15 is 0 Å². The van der Waals surface area contributed by atoms with Crippen molar-refractivity contribution in [2.24, 2.45) is 0 Å². The van der Waals surface area contributed by atoms with Crippen LogP contribution in [0.2, 0.25) is 0 Å². The first-order valence-corrected chi connectivity index (χ1v) is 8.62. The maximum Gasteiger partial charge on any atom is 0.237 e. The van der Waals surface area contributed by atoms with Crippen LogP contribution in [-0.4, -0.2) is 35.0 Å². The molecule has 0 aliphatic carbocycles. The van der Waals surface area contributed by atoms with Crippen LogP contribution in [0.15, 0.2) is 41.3 Å². The van der Waals surface area contributed by atoms with Crippen molar-refractivity contribution in [2.45, 2.75) is 16.5 Å². The highest BCUT2D eigenvalue weighted by Crippen LogP contribution is 2.30. The van der Waals surface area contributed by atoms with Gasteiger partial charge in [0, 0.05) is 6.54 Å². The Labute approximate surface area is 143 Å². The van der Waals surface area contributed by atoms with E-state index < -0.39 is 0 Å². The predicted molar refractivity (Wildman–Crippen MR) is 95.5 cm³/mol. The molecule has 0 aliphatic rings. The second-order valence-corrected chi connectivity index (χ2v) is 7.06. The summed E-state index contributed by atoms with van der Waals surface area (Å²) >= 11 is 2.77. The summed E-state index contributed by atoms with van der Waals surface area (Å²) in [6.07, 6.45) is 1.75. The van der Waals surface area contributed by atoms with Crippen molar-refractivity contribution < 1.29 is 9.53 Å². The molecule has 1 aromatic heterocycles. The first-order chi connectivity index (χ1) is 11.1. The normalized spacial score (nSPS) is 11.6. The van der Waals surface area contributed by atoms with Gasteiger partial charge in [0.1, 0.15) is 5.75 Å². The van der Waals surface area contributed by atoms with Crippen LogP contribution in [0.3, 0.4) is 0 Å². The molecule has 23 heavy (non-hydrogen) atoms. The Bertz CT molecular complexity index is 675. The molecule has 2 aromatic rings. The predicted octanol–water partition coefficient (Wildman–Crippen LogP) is 3.26. The molecule has 122 valence electrons. The molecule has 0 saturated carbocycles. The highest BCUT2D eigenvalue weighted by Gasteiger charge is 2.18. The van der Waals surface area contributed by atoms with E-state index in [0.29, 0.717) is 23.1 Å². The van der Waals surface area contributed by atoms with E-state index in [-0.39, 0.29) is 11.2 Å². The SMILES string of the molecule is C=CCNc1nnc(SC(C)C(=O)Nc2ccccc2OC)s1. The fraction of sp³-hybridized carbons (Fsp3) is 0.267. The zero-order chi connectivity index (χ0) is 16.7. The lowest BCUT2D eigenvalue weighted by Gasteiger charge is -2.12. The van der Waals surface area contributed by atoms with Gasteiger partial charge in [-0.05, 0) is 19.1 Å². The van der Waals surface area contributed by atoms with Gasteiger partial charge in [0.05, 0.1) is 18.0 Å². The number of carbonyl (C=O) groups is 1. The molecule has 0 aliphatic heterocycles. The average Bonchev–Trinajstić information content (AvgIpc) is 3.00. The zero-order valence-corrected chi connectivity index (χ0v) is 14.5. The van der Waals surface area contributed by atoms with Gasteiger partial charge < -0.3 is 15.4 Å². The number of para-hydroxylation sites is 2. The molecule has 0 saturated heterocycles. The highest BCUT2D eigenvalue weighted by atomic mass is 32.2. The largest absolute Gasteiger partial charge is 0.495 e. The summed E-state index contributed by atoms with van der Waals surface area (Å²) in [5.41, 5.74) is 0.651. The van der Waals surface area contributed by atoms with E-state index in [1.807, 2.05) is 19.1 Å². The van der Waals surface area contributed by atoms with Gasteiger partial charge in [0.25, 0.3) is 0 Å². The van der Waals surface area contributed by atoms with Crippen LogP contribution in [0.5, 0.6) is 5.75 Å². The number of nitrogens with zero attached hydrogens (tertiary/aromatic N) is 2. The van der Waals surface area contributed by atoms with Gasteiger partial charge in [-0.1, -0.05) is 41.3 Å². The van der Waals surface area contributed by atoms with Gasteiger partial charge in [-0.3, -0.25) is 4.79 Å². The lowest BCUT2D eigenvalue weighted by molar-refractivity contribution is -0.115. The number of benzene rings is 1. The number of hydrogen-bond donors (Lipinski definition) is 2. The monoisotopic (exact) mass is 350 g/mol. The fourth-order valence-electron chi connectivity index (χ4n) is 1.68. The summed E-state index contributed by atoms with van der Waals surface area (Å²) in [5, 5.41) is 14.4. The first kappa shape index (κ1) is 17.3. The standard InChI is InChI=1S/C15H18N4O2S2/c1-4-9-16-14-18-19-15(23-14)22-10(2)13(20)17-11-7-5-6-8-12(11)21-3/h4-8,10H,1,9H2,2-3H3,(H,16,18)(H,17,20). The third-order valence-corrected chi connectivity index (χ3v) is 4.88. The van der Waals surface area contributed by atoms with E-state index in [4.69, 9.17) is 4.74 Å². The van der Waals surface area contributed by atoms with Gasteiger partial charge in [0.15, 0.2) is 4.34 Å². The molecule has 0 radical (unpaired) electrons. The maximum atomic E-state index is 12.3. The van der Waals surface area contributed by atoms with E-state index in [9.17, 15) is 4.79 Å². The Kier molecular flexibility index (Phi) is 6.42. The number of carbonyl (C=O) groups excluding carboxylic acids is 1. The highest BCUT2D eigenvalue weighted by molar-refractivity contribution is 8.02. The summed E-state index contributed by atoms with van der Waals surface area (Å²) in [4.78, 5) is 12.3. The summed E-state index contributed by atoms with van der Waals surface area (Å²) in [6, 6.07) is 7.30. The van der Waals surface area contributed by atoms with Crippen molar-refractivity contribution in [3.05, 3.63) is 36.9 Å². The van der Waals surface area contributed by atoms with E-state index in [2.05, 4.69) is 27.4 Å². The molecule has 1 heterocycles. The molecule has 8 heteroatoms. The lowest BCUT2D eigenvalue weighted by atomic mass is 10.3. The molecule has 2 N–H and O–H groups in total. The Morgan fingerprint density at radius 1 is 1.48 bits per heavy atom. The van der Waals surface area contributed by atoms with E-state index in [0.717, 1.165) is 4.34 Å². The van der Waals surface area contributed by atoms with Crippen LogP contribution in [0.1, 0.15) is 6.92 Å². The average molecular weight is 350 g/mol. The van der Waals surface area contributed by atoms with Crippen LogP contribution in [0.25, 0.3) is 0 Å². The number of nitrogens with one attached hydrogen (secondary N) is 2.